The summed E-state index contributed by atoms with van der Waals surface area (Å²) in [5, 5.41) is 3.53. The second-order valence-corrected chi connectivity index (χ2v) is 4.90. The molecule has 0 bridgehead atoms. The molecular formula is C11H23NO. The normalized spacial score (nSPS) is 24.7. The average molecular weight is 185 g/mol. The van der Waals surface area contributed by atoms with Crippen molar-refractivity contribution >= 4 is 0 Å². The predicted octanol–water partition coefficient (Wildman–Crippen LogP) is 2.33. The Hall–Kier alpha value is -0.0800. The minimum Gasteiger partial charge on any atom is -0.376 e. The van der Waals surface area contributed by atoms with Gasteiger partial charge >= 0.3 is 0 Å². The molecule has 13 heavy (non-hydrogen) atoms. The molecule has 0 radical (unpaired) electrons. The smallest absolute Gasteiger partial charge is 0.0598 e. The van der Waals surface area contributed by atoms with Gasteiger partial charge in [0.05, 0.1) is 5.60 Å². The van der Waals surface area contributed by atoms with Gasteiger partial charge in [0.1, 0.15) is 0 Å². The third-order valence-electron chi connectivity index (χ3n) is 2.41. The molecule has 0 aromatic heterocycles. The van der Waals surface area contributed by atoms with Crippen molar-refractivity contribution in [1.29, 1.82) is 0 Å². The van der Waals surface area contributed by atoms with E-state index < -0.39 is 0 Å². The summed E-state index contributed by atoms with van der Waals surface area (Å²) in [6, 6.07) is 0.705. The lowest BCUT2D eigenvalue weighted by Gasteiger charge is -2.25. The monoisotopic (exact) mass is 185 g/mol. The molecule has 0 spiro atoms. The van der Waals surface area contributed by atoms with Gasteiger partial charge in [-0.15, -0.1) is 0 Å². The first-order valence-corrected chi connectivity index (χ1v) is 5.45. The molecule has 1 heterocycles. The fourth-order valence-corrected chi connectivity index (χ4v) is 1.68. The van der Waals surface area contributed by atoms with Crippen LogP contribution in [-0.2, 0) is 4.74 Å². The van der Waals surface area contributed by atoms with Gasteiger partial charge in [0.2, 0.25) is 0 Å². The maximum absolute atomic E-state index is 5.69. The van der Waals surface area contributed by atoms with Gasteiger partial charge in [-0.2, -0.15) is 0 Å². The van der Waals surface area contributed by atoms with Gasteiger partial charge in [-0.25, -0.2) is 0 Å². The summed E-state index contributed by atoms with van der Waals surface area (Å²) in [6.45, 7) is 8.42. The zero-order valence-electron chi connectivity index (χ0n) is 9.23. The Morgan fingerprint density at radius 3 is 2.62 bits per heavy atom. The van der Waals surface area contributed by atoms with E-state index in [2.05, 4.69) is 26.1 Å². The fraction of sp³-hybridized carbons (Fsp3) is 1.00. The number of hydrogen-bond acceptors (Lipinski definition) is 2. The third-order valence-corrected chi connectivity index (χ3v) is 2.41. The molecule has 1 rings (SSSR count). The van der Waals surface area contributed by atoms with Gasteiger partial charge in [0, 0.05) is 12.6 Å². The zero-order chi connectivity index (χ0) is 9.73. The van der Waals surface area contributed by atoms with Crippen LogP contribution < -0.4 is 5.32 Å². The van der Waals surface area contributed by atoms with Crippen molar-refractivity contribution in [3.63, 3.8) is 0 Å². The summed E-state index contributed by atoms with van der Waals surface area (Å²) in [5.41, 5.74) is 0.0225. The lowest BCUT2D eigenvalue weighted by molar-refractivity contribution is -0.00798. The Labute approximate surface area is 82.0 Å². The van der Waals surface area contributed by atoms with Crippen LogP contribution in [0, 0.1) is 0 Å². The fourth-order valence-electron chi connectivity index (χ4n) is 1.68. The second kappa shape index (κ2) is 4.97. The van der Waals surface area contributed by atoms with Crippen LogP contribution in [0.25, 0.3) is 0 Å². The van der Waals surface area contributed by atoms with Gasteiger partial charge in [0.25, 0.3) is 0 Å². The molecule has 1 fully saturated rings. The molecule has 0 aromatic rings. The van der Waals surface area contributed by atoms with Gasteiger partial charge < -0.3 is 10.1 Å². The highest BCUT2D eigenvalue weighted by Gasteiger charge is 2.14. The maximum Gasteiger partial charge on any atom is 0.0598 e. The van der Waals surface area contributed by atoms with Crippen molar-refractivity contribution in [3.8, 4) is 0 Å². The highest BCUT2D eigenvalue weighted by molar-refractivity contribution is 4.72. The lowest BCUT2D eigenvalue weighted by atomic mass is 10.0. The van der Waals surface area contributed by atoms with E-state index in [1.807, 2.05) is 0 Å². The highest BCUT2D eigenvalue weighted by Crippen LogP contribution is 2.12. The van der Waals surface area contributed by atoms with Crippen LogP contribution in [0.2, 0.25) is 0 Å². The molecule has 1 N–H and O–H groups in total. The summed E-state index contributed by atoms with van der Waals surface area (Å²) in [6.07, 6.45) is 5.22. The van der Waals surface area contributed by atoms with E-state index >= 15 is 0 Å². The topological polar surface area (TPSA) is 21.3 Å². The molecule has 1 saturated heterocycles. The van der Waals surface area contributed by atoms with Crippen molar-refractivity contribution in [2.75, 3.05) is 13.2 Å². The second-order valence-electron chi connectivity index (χ2n) is 4.90. The molecule has 0 aromatic carbocycles. The van der Waals surface area contributed by atoms with Crippen LogP contribution in [0.5, 0.6) is 0 Å². The minimum atomic E-state index is 0.0225. The van der Waals surface area contributed by atoms with E-state index in [0.29, 0.717) is 6.04 Å². The number of ether oxygens (including phenoxy) is 1. The molecule has 2 heteroatoms. The van der Waals surface area contributed by atoms with E-state index in [1.54, 1.807) is 0 Å². The number of rotatable bonds is 3. The number of nitrogens with one attached hydrogen (secondary N) is 1. The molecule has 1 atom stereocenters. The summed E-state index contributed by atoms with van der Waals surface area (Å²) in [7, 11) is 0. The summed E-state index contributed by atoms with van der Waals surface area (Å²) >= 11 is 0. The highest BCUT2D eigenvalue weighted by atomic mass is 16.5. The van der Waals surface area contributed by atoms with Crippen LogP contribution in [0.15, 0.2) is 0 Å². The first-order valence-electron chi connectivity index (χ1n) is 5.45. The number of piperidine rings is 1. The third kappa shape index (κ3) is 5.27. The summed E-state index contributed by atoms with van der Waals surface area (Å²) in [4.78, 5) is 0. The minimum absolute atomic E-state index is 0.0225. The van der Waals surface area contributed by atoms with Crippen molar-refractivity contribution in [3.05, 3.63) is 0 Å². The first kappa shape index (κ1) is 11.0. The lowest BCUT2D eigenvalue weighted by Crippen LogP contribution is -2.35. The van der Waals surface area contributed by atoms with Crippen LogP contribution >= 0.6 is 0 Å². The summed E-state index contributed by atoms with van der Waals surface area (Å²) < 4.78 is 5.69. The molecule has 2 nitrogen and oxygen atoms in total. The molecule has 1 aliphatic heterocycles. The molecule has 78 valence electrons. The van der Waals surface area contributed by atoms with Crippen molar-refractivity contribution in [2.24, 2.45) is 0 Å². The molecule has 0 aliphatic carbocycles. The van der Waals surface area contributed by atoms with E-state index in [0.717, 1.165) is 13.0 Å². The predicted molar refractivity (Wildman–Crippen MR) is 56.0 cm³/mol. The van der Waals surface area contributed by atoms with Gasteiger partial charge in [-0.3, -0.25) is 0 Å². The Morgan fingerprint density at radius 1 is 1.31 bits per heavy atom. The molecular weight excluding hydrogens is 162 g/mol. The Balaban J connectivity index is 2.04. The van der Waals surface area contributed by atoms with Crippen molar-refractivity contribution in [2.45, 2.75) is 58.1 Å². The van der Waals surface area contributed by atoms with Gasteiger partial charge in [-0.1, -0.05) is 6.42 Å². The Kier molecular flexibility index (Phi) is 4.20. The van der Waals surface area contributed by atoms with E-state index in [9.17, 15) is 0 Å². The van der Waals surface area contributed by atoms with Crippen molar-refractivity contribution in [1.82, 2.24) is 5.32 Å². The zero-order valence-corrected chi connectivity index (χ0v) is 9.23. The SMILES string of the molecule is CC(C)(C)OCCC1CCCCN1. The van der Waals surface area contributed by atoms with Crippen LogP contribution in [0.1, 0.15) is 46.5 Å². The Bertz CT molecular complexity index is 134. The van der Waals surface area contributed by atoms with E-state index in [-0.39, 0.29) is 5.60 Å². The van der Waals surface area contributed by atoms with E-state index in [4.69, 9.17) is 4.74 Å². The van der Waals surface area contributed by atoms with E-state index in [1.165, 1.54) is 25.8 Å². The first-order chi connectivity index (χ1) is 6.08. The van der Waals surface area contributed by atoms with Crippen molar-refractivity contribution < 1.29 is 4.74 Å². The molecule has 1 unspecified atom stereocenters. The molecule has 1 aliphatic rings. The van der Waals surface area contributed by atoms with Crippen LogP contribution in [0.4, 0.5) is 0 Å². The largest absolute Gasteiger partial charge is 0.376 e. The van der Waals surface area contributed by atoms with Crippen LogP contribution in [-0.4, -0.2) is 24.8 Å². The molecule has 0 saturated carbocycles. The van der Waals surface area contributed by atoms with Crippen LogP contribution in [0.3, 0.4) is 0 Å². The number of hydrogen-bond donors (Lipinski definition) is 1. The van der Waals surface area contributed by atoms with Gasteiger partial charge in [0.15, 0.2) is 0 Å². The molecule has 0 amide bonds. The Morgan fingerprint density at radius 2 is 2.08 bits per heavy atom. The average Bonchev–Trinajstić information content (AvgIpc) is 2.04. The standard InChI is InChI=1S/C11H23NO/c1-11(2,3)13-9-7-10-6-4-5-8-12-10/h10,12H,4-9H2,1-3H3. The quantitative estimate of drug-likeness (QED) is 0.728. The van der Waals surface area contributed by atoms with Gasteiger partial charge in [-0.05, 0) is 46.6 Å². The maximum atomic E-state index is 5.69. The summed E-state index contributed by atoms with van der Waals surface area (Å²) in [5.74, 6) is 0.